The molecule has 114 valence electrons. The van der Waals surface area contributed by atoms with E-state index in [4.69, 9.17) is 28.3 Å². The summed E-state index contributed by atoms with van der Waals surface area (Å²) in [7, 11) is 0. The zero-order valence-corrected chi connectivity index (χ0v) is 11.7. The summed E-state index contributed by atoms with van der Waals surface area (Å²) in [6.45, 7) is -0.794. The van der Waals surface area contributed by atoms with Gasteiger partial charge < -0.3 is 10.4 Å². The number of halogens is 5. The molecule has 0 aliphatic carbocycles. The van der Waals surface area contributed by atoms with Crippen LogP contribution in [-0.4, -0.2) is 29.7 Å². The maximum atomic E-state index is 12.0. The molecule has 0 bridgehead atoms. The van der Waals surface area contributed by atoms with E-state index in [0.717, 1.165) is 6.08 Å². The third-order valence-electron chi connectivity index (χ3n) is 2.20. The number of rotatable bonds is 4. The number of carbonyl (C=O) groups is 2. The van der Waals surface area contributed by atoms with Crippen LogP contribution >= 0.6 is 23.2 Å². The number of carbonyl (C=O) groups excluding carboxylic acids is 1. The quantitative estimate of drug-likeness (QED) is 0.827. The Morgan fingerprint density at radius 3 is 2.14 bits per heavy atom. The molecule has 0 aliphatic rings. The Hall–Kier alpha value is -1.73. The lowest BCUT2D eigenvalue weighted by Crippen LogP contribution is -2.38. The first-order valence-corrected chi connectivity index (χ1v) is 6.10. The van der Waals surface area contributed by atoms with E-state index < -0.39 is 30.2 Å². The summed E-state index contributed by atoms with van der Waals surface area (Å²) >= 11 is 11.4. The first-order valence-electron chi connectivity index (χ1n) is 5.34. The molecule has 1 aromatic rings. The molecule has 0 saturated heterocycles. The zero-order chi connectivity index (χ0) is 16.2. The Morgan fingerprint density at radius 1 is 1.19 bits per heavy atom. The molecule has 0 spiro atoms. The first-order chi connectivity index (χ1) is 9.59. The van der Waals surface area contributed by atoms with E-state index >= 15 is 0 Å². The van der Waals surface area contributed by atoms with Gasteiger partial charge in [-0.1, -0.05) is 23.2 Å². The van der Waals surface area contributed by atoms with Crippen LogP contribution in [0.15, 0.2) is 23.8 Å². The van der Waals surface area contributed by atoms with Crippen molar-refractivity contribution in [2.75, 3.05) is 6.54 Å². The fraction of sp³-hybridized carbons (Fsp3) is 0.167. The van der Waals surface area contributed by atoms with Crippen molar-refractivity contribution in [2.24, 2.45) is 0 Å². The molecule has 0 radical (unpaired) electrons. The molecule has 1 amide bonds. The highest BCUT2D eigenvalue weighted by atomic mass is 35.5. The molecule has 21 heavy (non-hydrogen) atoms. The van der Waals surface area contributed by atoms with Crippen LogP contribution in [0.2, 0.25) is 10.0 Å². The molecule has 0 atom stereocenters. The van der Waals surface area contributed by atoms with Gasteiger partial charge in [0.2, 0.25) is 0 Å². The standard InChI is InChI=1S/C12H8Cl2F3NO3/c13-8-2-6(3-9(14)4-8)1-7(10(19)20)5-18-11(21)12(15,16)17/h1-4H,5H2,(H,18,21)(H,19,20)/b7-1+. The summed E-state index contributed by atoms with van der Waals surface area (Å²) in [5, 5.41) is 10.9. The van der Waals surface area contributed by atoms with E-state index in [-0.39, 0.29) is 15.6 Å². The Kier molecular flexibility index (Phi) is 5.62. The second-order valence-corrected chi connectivity index (χ2v) is 4.73. The highest BCUT2D eigenvalue weighted by Crippen LogP contribution is 2.21. The molecule has 0 unspecified atom stereocenters. The topological polar surface area (TPSA) is 66.4 Å². The number of nitrogens with one attached hydrogen (secondary N) is 1. The van der Waals surface area contributed by atoms with Crippen molar-refractivity contribution < 1.29 is 27.9 Å². The van der Waals surface area contributed by atoms with Gasteiger partial charge in [-0.05, 0) is 29.8 Å². The number of amides is 1. The summed E-state index contributed by atoms with van der Waals surface area (Å²) in [6, 6.07) is 4.16. The maximum absolute atomic E-state index is 12.0. The van der Waals surface area contributed by atoms with Gasteiger partial charge >= 0.3 is 18.1 Å². The van der Waals surface area contributed by atoms with Gasteiger partial charge in [0.1, 0.15) is 0 Å². The molecule has 4 nitrogen and oxygen atoms in total. The van der Waals surface area contributed by atoms with E-state index in [1.165, 1.54) is 23.5 Å². The fourth-order valence-electron chi connectivity index (χ4n) is 1.32. The van der Waals surface area contributed by atoms with Crippen molar-refractivity contribution in [1.82, 2.24) is 5.32 Å². The number of carboxylic acids is 1. The number of hydrogen-bond acceptors (Lipinski definition) is 2. The predicted molar refractivity (Wildman–Crippen MR) is 71.1 cm³/mol. The molecule has 0 saturated carbocycles. The first kappa shape index (κ1) is 17.3. The highest BCUT2D eigenvalue weighted by Gasteiger charge is 2.38. The molecule has 2 N–H and O–H groups in total. The van der Waals surface area contributed by atoms with Crippen LogP contribution in [0.1, 0.15) is 5.56 Å². The van der Waals surface area contributed by atoms with Crippen molar-refractivity contribution in [3.05, 3.63) is 39.4 Å². The fourth-order valence-corrected chi connectivity index (χ4v) is 1.87. The van der Waals surface area contributed by atoms with Crippen molar-refractivity contribution in [2.45, 2.75) is 6.18 Å². The van der Waals surface area contributed by atoms with Gasteiger partial charge in [0.15, 0.2) is 0 Å². The predicted octanol–water partition coefficient (Wildman–Crippen LogP) is 3.14. The van der Waals surface area contributed by atoms with Crippen molar-refractivity contribution in [1.29, 1.82) is 0 Å². The number of benzene rings is 1. The minimum atomic E-state index is -5.08. The summed E-state index contributed by atoms with van der Waals surface area (Å²) < 4.78 is 36.1. The molecule has 9 heteroatoms. The van der Waals surface area contributed by atoms with E-state index in [1.54, 1.807) is 0 Å². The van der Waals surface area contributed by atoms with Gasteiger partial charge in [0.25, 0.3) is 0 Å². The SMILES string of the molecule is O=C(O)/C(=C/c1cc(Cl)cc(Cl)c1)CNC(=O)C(F)(F)F. The van der Waals surface area contributed by atoms with Crippen LogP contribution in [-0.2, 0) is 9.59 Å². The van der Waals surface area contributed by atoms with Crippen LogP contribution in [0.25, 0.3) is 6.08 Å². The largest absolute Gasteiger partial charge is 0.478 e. The van der Waals surface area contributed by atoms with Crippen molar-refractivity contribution >= 4 is 41.2 Å². The Labute approximate surface area is 127 Å². The minimum Gasteiger partial charge on any atom is -0.478 e. The van der Waals surface area contributed by atoms with Gasteiger partial charge in [-0.3, -0.25) is 4.79 Å². The van der Waals surface area contributed by atoms with E-state index in [2.05, 4.69) is 0 Å². The van der Waals surface area contributed by atoms with Gasteiger partial charge in [0.05, 0.1) is 12.1 Å². The lowest BCUT2D eigenvalue weighted by Gasteiger charge is -2.08. The normalized spacial score (nSPS) is 12.1. The third-order valence-corrected chi connectivity index (χ3v) is 2.63. The number of alkyl halides is 3. The number of carboxylic acid groups (broad SMARTS) is 1. The summed E-state index contributed by atoms with van der Waals surface area (Å²) in [4.78, 5) is 21.6. The second kappa shape index (κ2) is 6.82. The molecule has 0 aliphatic heterocycles. The van der Waals surface area contributed by atoms with Gasteiger partial charge in [0, 0.05) is 10.0 Å². The van der Waals surface area contributed by atoms with Crippen LogP contribution in [0.3, 0.4) is 0 Å². The molecular formula is C12H8Cl2F3NO3. The number of hydrogen-bond donors (Lipinski definition) is 2. The van der Waals surface area contributed by atoms with E-state index in [0.29, 0.717) is 0 Å². The Morgan fingerprint density at radius 2 is 1.71 bits per heavy atom. The maximum Gasteiger partial charge on any atom is 0.471 e. The van der Waals surface area contributed by atoms with E-state index in [9.17, 15) is 22.8 Å². The van der Waals surface area contributed by atoms with Crippen LogP contribution in [0.5, 0.6) is 0 Å². The highest BCUT2D eigenvalue weighted by molar-refractivity contribution is 6.34. The second-order valence-electron chi connectivity index (χ2n) is 3.86. The lowest BCUT2D eigenvalue weighted by atomic mass is 10.1. The summed E-state index contributed by atoms with van der Waals surface area (Å²) in [6.07, 6.45) is -4.01. The molecule has 1 rings (SSSR count). The molecular weight excluding hydrogens is 334 g/mol. The van der Waals surface area contributed by atoms with Crippen molar-refractivity contribution in [3.8, 4) is 0 Å². The average Bonchev–Trinajstić information content (AvgIpc) is 2.31. The number of aliphatic carboxylic acids is 1. The Balaban J connectivity index is 2.94. The zero-order valence-electron chi connectivity index (χ0n) is 10.2. The average molecular weight is 342 g/mol. The van der Waals surface area contributed by atoms with Crippen LogP contribution in [0.4, 0.5) is 13.2 Å². The summed E-state index contributed by atoms with van der Waals surface area (Å²) in [5.41, 5.74) is -0.169. The van der Waals surface area contributed by atoms with Crippen LogP contribution < -0.4 is 5.32 Å². The molecule has 0 aromatic heterocycles. The van der Waals surface area contributed by atoms with Gasteiger partial charge in [-0.2, -0.15) is 13.2 Å². The van der Waals surface area contributed by atoms with Gasteiger partial charge in [-0.15, -0.1) is 0 Å². The molecule has 0 fully saturated rings. The monoisotopic (exact) mass is 341 g/mol. The van der Waals surface area contributed by atoms with Crippen molar-refractivity contribution in [3.63, 3.8) is 0 Å². The van der Waals surface area contributed by atoms with Gasteiger partial charge in [-0.25, -0.2) is 4.79 Å². The van der Waals surface area contributed by atoms with Crippen LogP contribution in [0, 0.1) is 0 Å². The third kappa shape index (κ3) is 5.65. The Bertz CT molecular complexity index is 580. The summed E-state index contributed by atoms with van der Waals surface area (Å²) in [5.74, 6) is -3.70. The smallest absolute Gasteiger partial charge is 0.471 e. The molecule has 1 aromatic carbocycles. The minimum absolute atomic E-state index is 0.234. The molecule has 0 heterocycles. The van der Waals surface area contributed by atoms with E-state index in [1.807, 2.05) is 0 Å². The lowest BCUT2D eigenvalue weighted by molar-refractivity contribution is -0.173.